The lowest BCUT2D eigenvalue weighted by molar-refractivity contribution is 0.249. The summed E-state index contributed by atoms with van der Waals surface area (Å²) >= 11 is 0. The lowest BCUT2D eigenvalue weighted by Crippen LogP contribution is -2.34. The van der Waals surface area contributed by atoms with Gasteiger partial charge in [0.2, 0.25) is 0 Å². The molecule has 2 aliphatic heterocycles. The van der Waals surface area contributed by atoms with Gasteiger partial charge in [0, 0.05) is 18.1 Å². The molecular formula is C10H20N2. The first-order valence-corrected chi connectivity index (χ1v) is 5.16. The topological polar surface area (TPSA) is 15.3 Å². The van der Waals surface area contributed by atoms with E-state index in [0.29, 0.717) is 5.54 Å². The van der Waals surface area contributed by atoms with E-state index in [2.05, 4.69) is 24.1 Å². The van der Waals surface area contributed by atoms with E-state index in [0.717, 1.165) is 6.04 Å². The number of hydrogen-bond acceptors (Lipinski definition) is 2. The molecule has 0 bridgehead atoms. The van der Waals surface area contributed by atoms with Gasteiger partial charge in [-0.15, -0.1) is 0 Å². The van der Waals surface area contributed by atoms with Gasteiger partial charge >= 0.3 is 0 Å². The molecule has 2 saturated heterocycles. The van der Waals surface area contributed by atoms with E-state index in [1.165, 1.54) is 38.9 Å². The average Bonchev–Trinajstić information content (AvgIpc) is 2.55. The second kappa shape index (κ2) is 3.00. The van der Waals surface area contributed by atoms with Crippen LogP contribution in [0.2, 0.25) is 0 Å². The third-order valence-corrected chi connectivity index (χ3v) is 3.22. The van der Waals surface area contributed by atoms with Gasteiger partial charge in [-0.25, -0.2) is 0 Å². The van der Waals surface area contributed by atoms with Gasteiger partial charge in [-0.3, -0.25) is 4.90 Å². The van der Waals surface area contributed by atoms with E-state index < -0.39 is 0 Å². The van der Waals surface area contributed by atoms with E-state index in [4.69, 9.17) is 0 Å². The number of hydrogen-bond donors (Lipinski definition) is 1. The minimum absolute atomic E-state index is 0.382. The first-order valence-electron chi connectivity index (χ1n) is 5.16. The van der Waals surface area contributed by atoms with Gasteiger partial charge in [-0.2, -0.15) is 0 Å². The fourth-order valence-electron chi connectivity index (χ4n) is 2.49. The van der Waals surface area contributed by atoms with Gasteiger partial charge in [0.25, 0.3) is 0 Å². The van der Waals surface area contributed by atoms with Gasteiger partial charge in [-0.05, 0) is 46.2 Å². The highest BCUT2D eigenvalue weighted by molar-refractivity contribution is 4.95. The summed E-state index contributed by atoms with van der Waals surface area (Å²) in [7, 11) is 0. The summed E-state index contributed by atoms with van der Waals surface area (Å²) in [4.78, 5) is 2.65. The molecule has 1 unspecified atom stereocenters. The molecule has 0 amide bonds. The van der Waals surface area contributed by atoms with Crippen molar-refractivity contribution in [2.75, 3.05) is 19.6 Å². The Hall–Kier alpha value is -0.0800. The summed E-state index contributed by atoms with van der Waals surface area (Å²) in [5.74, 6) is 0. The highest BCUT2D eigenvalue weighted by atomic mass is 15.2. The molecule has 2 rings (SSSR count). The normalized spacial score (nSPS) is 36.0. The Morgan fingerprint density at radius 1 is 1.25 bits per heavy atom. The summed E-state index contributed by atoms with van der Waals surface area (Å²) in [6, 6.07) is 0.822. The van der Waals surface area contributed by atoms with Gasteiger partial charge in [0.1, 0.15) is 0 Å². The second-order valence-corrected chi connectivity index (χ2v) is 4.87. The first kappa shape index (κ1) is 8.52. The Labute approximate surface area is 75.3 Å². The van der Waals surface area contributed by atoms with Crippen molar-refractivity contribution in [1.82, 2.24) is 10.2 Å². The molecule has 0 saturated carbocycles. The van der Waals surface area contributed by atoms with Gasteiger partial charge in [-0.1, -0.05) is 0 Å². The van der Waals surface area contributed by atoms with Crippen molar-refractivity contribution in [2.45, 2.75) is 44.7 Å². The second-order valence-electron chi connectivity index (χ2n) is 4.87. The molecule has 2 aliphatic rings. The maximum Gasteiger partial charge on any atom is 0.0238 e. The highest BCUT2D eigenvalue weighted by Crippen LogP contribution is 2.24. The summed E-state index contributed by atoms with van der Waals surface area (Å²) in [6.07, 6.45) is 4.15. The number of rotatable bonds is 1. The number of likely N-dealkylation sites (tertiary alicyclic amines) is 1. The van der Waals surface area contributed by atoms with Crippen molar-refractivity contribution in [3.05, 3.63) is 0 Å². The fraction of sp³-hybridized carbons (Fsp3) is 1.00. The van der Waals surface area contributed by atoms with E-state index in [-0.39, 0.29) is 0 Å². The van der Waals surface area contributed by atoms with Crippen LogP contribution in [0.4, 0.5) is 0 Å². The Kier molecular flexibility index (Phi) is 2.13. The third-order valence-electron chi connectivity index (χ3n) is 3.22. The van der Waals surface area contributed by atoms with Crippen LogP contribution in [-0.2, 0) is 0 Å². The van der Waals surface area contributed by atoms with Crippen LogP contribution in [0, 0.1) is 0 Å². The maximum absolute atomic E-state index is 3.58. The van der Waals surface area contributed by atoms with E-state index >= 15 is 0 Å². The summed E-state index contributed by atoms with van der Waals surface area (Å²) < 4.78 is 0. The average molecular weight is 168 g/mol. The minimum Gasteiger partial charge on any atom is -0.310 e. The molecule has 1 N–H and O–H groups in total. The van der Waals surface area contributed by atoms with Crippen molar-refractivity contribution in [3.8, 4) is 0 Å². The molecule has 2 heterocycles. The standard InChI is InChI=1S/C10H20N2/c1-10(2)7-9(8-11-10)12-5-3-4-6-12/h9,11H,3-8H2,1-2H3. The Morgan fingerprint density at radius 3 is 2.42 bits per heavy atom. The molecule has 0 spiro atoms. The van der Waals surface area contributed by atoms with Crippen molar-refractivity contribution in [2.24, 2.45) is 0 Å². The largest absolute Gasteiger partial charge is 0.310 e. The molecule has 0 radical (unpaired) electrons. The zero-order chi connectivity index (χ0) is 8.60. The summed E-state index contributed by atoms with van der Waals surface area (Å²) in [5.41, 5.74) is 0.382. The Bertz CT molecular complexity index is 159. The predicted octanol–water partition coefficient (Wildman–Crippen LogP) is 1.22. The fourth-order valence-corrected chi connectivity index (χ4v) is 2.49. The lowest BCUT2D eigenvalue weighted by atomic mass is 10.0. The van der Waals surface area contributed by atoms with Crippen LogP contribution in [0.15, 0.2) is 0 Å². The molecule has 70 valence electrons. The molecular weight excluding hydrogens is 148 g/mol. The molecule has 2 fully saturated rings. The molecule has 1 atom stereocenters. The highest BCUT2D eigenvalue weighted by Gasteiger charge is 2.34. The molecule has 0 aliphatic carbocycles. The van der Waals surface area contributed by atoms with Crippen molar-refractivity contribution in [3.63, 3.8) is 0 Å². The number of nitrogens with zero attached hydrogens (tertiary/aromatic N) is 1. The van der Waals surface area contributed by atoms with E-state index in [9.17, 15) is 0 Å². The van der Waals surface area contributed by atoms with Crippen LogP contribution in [-0.4, -0.2) is 36.1 Å². The Balaban J connectivity index is 1.90. The monoisotopic (exact) mass is 168 g/mol. The predicted molar refractivity (Wildman–Crippen MR) is 51.3 cm³/mol. The lowest BCUT2D eigenvalue weighted by Gasteiger charge is -2.23. The van der Waals surface area contributed by atoms with Crippen molar-refractivity contribution < 1.29 is 0 Å². The summed E-state index contributed by atoms with van der Waals surface area (Å²) in [6.45, 7) is 8.49. The number of nitrogens with one attached hydrogen (secondary N) is 1. The minimum atomic E-state index is 0.382. The van der Waals surface area contributed by atoms with Crippen molar-refractivity contribution in [1.29, 1.82) is 0 Å². The van der Waals surface area contributed by atoms with Gasteiger partial charge < -0.3 is 5.32 Å². The molecule has 0 aromatic heterocycles. The van der Waals surface area contributed by atoms with Crippen LogP contribution in [0.5, 0.6) is 0 Å². The van der Waals surface area contributed by atoms with Crippen LogP contribution >= 0.6 is 0 Å². The maximum atomic E-state index is 3.58. The van der Waals surface area contributed by atoms with Crippen LogP contribution in [0.3, 0.4) is 0 Å². The van der Waals surface area contributed by atoms with Crippen LogP contribution in [0.1, 0.15) is 33.1 Å². The molecule has 2 heteroatoms. The van der Waals surface area contributed by atoms with Gasteiger partial charge in [0.15, 0.2) is 0 Å². The first-order chi connectivity index (χ1) is 5.67. The third kappa shape index (κ3) is 1.64. The van der Waals surface area contributed by atoms with E-state index in [1.807, 2.05) is 0 Å². The quantitative estimate of drug-likeness (QED) is 0.633. The molecule has 2 nitrogen and oxygen atoms in total. The van der Waals surface area contributed by atoms with Crippen LogP contribution in [0.25, 0.3) is 0 Å². The summed E-state index contributed by atoms with van der Waals surface area (Å²) in [5, 5.41) is 3.58. The SMILES string of the molecule is CC1(C)CC(N2CCCC2)CN1. The molecule has 0 aromatic carbocycles. The Morgan fingerprint density at radius 2 is 1.92 bits per heavy atom. The zero-order valence-electron chi connectivity index (χ0n) is 8.27. The van der Waals surface area contributed by atoms with Crippen LogP contribution < -0.4 is 5.32 Å². The van der Waals surface area contributed by atoms with Gasteiger partial charge in [0.05, 0.1) is 0 Å². The van der Waals surface area contributed by atoms with Crippen molar-refractivity contribution >= 4 is 0 Å². The molecule has 12 heavy (non-hydrogen) atoms. The zero-order valence-corrected chi connectivity index (χ0v) is 8.27. The molecule has 0 aromatic rings. The smallest absolute Gasteiger partial charge is 0.0238 e. The van der Waals surface area contributed by atoms with E-state index in [1.54, 1.807) is 0 Å².